The van der Waals surface area contributed by atoms with Gasteiger partial charge >= 0.3 is 6.18 Å². The number of amides is 1. The molecule has 30 heavy (non-hydrogen) atoms. The summed E-state index contributed by atoms with van der Waals surface area (Å²) in [6, 6.07) is 8.32. The van der Waals surface area contributed by atoms with Crippen LogP contribution in [0, 0.1) is 23.2 Å². The maximum Gasteiger partial charge on any atom is 0.416 e. The molecule has 1 aromatic carbocycles. The second kappa shape index (κ2) is 7.29. The summed E-state index contributed by atoms with van der Waals surface area (Å²) >= 11 is 0. The Morgan fingerprint density at radius 2 is 1.93 bits per heavy atom. The molecule has 4 nitrogen and oxygen atoms in total. The zero-order valence-corrected chi connectivity index (χ0v) is 17.3. The number of halogens is 3. The number of hydrogen-bond acceptors (Lipinski definition) is 3. The fourth-order valence-corrected chi connectivity index (χ4v) is 5.12. The molecule has 7 heteroatoms. The van der Waals surface area contributed by atoms with E-state index in [2.05, 4.69) is 36.4 Å². The normalized spacial score (nSPS) is 27.1. The number of aromatic nitrogens is 1. The number of fused-ring (bicyclic) bond motifs is 2. The number of rotatable bonds is 4. The molecule has 1 amide bonds. The number of nitrogens with zero attached hydrogens (tertiary/aromatic N) is 1. The van der Waals surface area contributed by atoms with Gasteiger partial charge in [0.05, 0.1) is 11.1 Å². The van der Waals surface area contributed by atoms with Gasteiger partial charge in [0.15, 0.2) is 0 Å². The van der Waals surface area contributed by atoms with Gasteiger partial charge in [-0.2, -0.15) is 13.2 Å². The van der Waals surface area contributed by atoms with E-state index in [1.165, 1.54) is 24.8 Å². The Kier molecular flexibility index (Phi) is 5.03. The van der Waals surface area contributed by atoms with E-state index in [0.29, 0.717) is 34.6 Å². The van der Waals surface area contributed by atoms with Gasteiger partial charge in [0.1, 0.15) is 5.82 Å². The number of nitrogens with one attached hydrogen (secondary N) is 2. The molecular weight excluding hydrogens is 391 g/mol. The maximum atomic E-state index is 12.8. The molecule has 2 aromatic rings. The lowest BCUT2D eigenvalue weighted by Crippen LogP contribution is -2.60. The SMILES string of the molecule is C[C@@H]1[C@H]2C[C@@H](C[C@H]1NC(=O)c1ccc(Nc3cccc(C(F)(F)F)c3)nc1)C2(C)C. The van der Waals surface area contributed by atoms with Crippen molar-refractivity contribution < 1.29 is 18.0 Å². The third-order valence-corrected chi connectivity index (χ3v) is 7.16. The van der Waals surface area contributed by atoms with Crippen LogP contribution in [0.2, 0.25) is 0 Å². The smallest absolute Gasteiger partial charge is 0.349 e. The third kappa shape index (κ3) is 3.77. The van der Waals surface area contributed by atoms with Gasteiger partial charge in [-0.3, -0.25) is 4.79 Å². The largest absolute Gasteiger partial charge is 0.416 e. The summed E-state index contributed by atoms with van der Waals surface area (Å²) in [6.45, 7) is 6.86. The lowest BCUT2D eigenvalue weighted by molar-refractivity contribution is -0.137. The minimum atomic E-state index is -4.40. The van der Waals surface area contributed by atoms with E-state index < -0.39 is 11.7 Å². The van der Waals surface area contributed by atoms with Crippen LogP contribution in [-0.2, 0) is 6.18 Å². The van der Waals surface area contributed by atoms with Crippen LogP contribution in [0.25, 0.3) is 0 Å². The molecule has 0 aliphatic heterocycles. The van der Waals surface area contributed by atoms with Crippen LogP contribution < -0.4 is 10.6 Å². The Morgan fingerprint density at radius 1 is 1.17 bits per heavy atom. The summed E-state index contributed by atoms with van der Waals surface area (Å²) < 4.78 is 38.5. The number of pyridine rings is 1. The molecule has 3 aliphatic carbocycles. The van der Waals surface area contributed by atoms with E-state index in [0.717, 1.165) is 18.6 Å². The van der Waals surface area contributed by atoms with Gasteiger partial charge < -0.3 is 10.6 Å². The number of benzene rings is 1. The van der Waals surface area contributed by atoms with Crippen molar-refractivity contribution in [2.24, 2.45) is 23.2 Å². The van der Waals surface area contributed by atoms with Crippen LogP contribution in [0.3, 0.4) is 0 Å². The molecule has 0 saturated heterocycles. The zero-order valence-electron chi connectivity index (χ0n) is 17.3. The van der Waals surface area contributed by atoms with Crippen LogP contribution in [0.4, 0.5) is 24.7 Å². The predicted molar refractivity (Wildman–Crippen MR) is 109 cm³/mol. The van der Waals surface area contributed by atoms with Crippen molar-refractivity contribution in [1.29, 1.82) is 0 Å². The first-order valence-electron chi connectivity index (χ1n) is 10.3. The summed E-state index contributed by atoms with van der Waals surface area (Å²) in [5, 5.41) is 6.00. The van der Waals surface area contributed by atoms with E-state index in [4.69, 9.17) is 0 Å². The van der Waals surface area contributed by atoms with E-state index >= 15 is 0 Å². The number of carbonyl (C=O) groups excluding carboxylic acids is 1. The van der Waals surface area contributed by atoms with Gasteiger partial charge in [-0.1, -0.05) is 26.8 Å². The number of carbonyl (C=O) groups is 1. The summed E-state index contributed by atoms with van der Waals surface area (Å²) in [6.07, 6.45) is -0.709. The first-order valence-corrected chi connectivity index (χ1v) is 10.3. The molecule has 1 aromatic heterocycles. The van der Waals surface area contributed by atoms with E-state index in [1.54, 1.807) is 12.1 Å². The molecule has 4 atom stereocenters. The molecule has 3 fully saturated rings. The van der Waals surface area contributed by atoms with Crippen LogP contribution in [0.1, 0.15) is 49.5 Å². The van der Waals surface area contributed by atoms with E-state index in [9.17, 15) is 18.0 Å². The number of anilines is 2. The Morgan fingerprint density at radius 3 is 2.53 bits per heavy atom. The highest BCUT2D eigenvalue weighted by Gasteiger charge is 2.56. The average molecular weight is 417 g/mol. The van der Waals surface area contributed by atoms with E-state index in [-0.39, 0.29) is 17.6 Å². The van der Waals surface area contributed by atoms with E-state index in [1.807, 2.05) is 0 Å². The average Bonchev–Trinajstić information content (AvgIpc) is 2.69. The molecule has 3 saturated carbocycles. The van der Waals surface area contributed by atoms with Gasteiger partial charge in [0.25, 0.3) is 5.91 Å². The Labute approximate surface area is 174 Å². The van der Waals surface area contributed by atoms with Crippen LogP contribution in [0.5, 0.6) is 0 Å². The van der Waals surface area contributed by atoms with Gasteiger partial charge in [0, 0.05) is 17.9 Å². The first kappa shape index (κ1) is 20.7. The van der Waals surface area contributed by atoms with Crippen molar-refractivity contribution in [3.8, 4) is 0 Å². The molecule has 5 rings (SSSR count). The predicted octanol–water partition coefficient (Wildman–Crippen LogP) is 5.64. The number of hydrogen-bond donors (Lipinski definition) is 2. The van der Waals surface area contributed by atoms with Crippen molar-refractivity contribution in [3.05, 3.63) is 53.7 Å². The van der Waals surface area contributed by atoms with Gasteiger partial charge in [-0.05, 0) is 66.3 Å². The topological polar surface area (TPSA) is 54.0 Å². The molecule has 0 spiro atoms. The van der Waals surface area contributed by atoms with Crippen molar-refractivity contribution in [1.82, 2.24) is 10.3 Å². The molecular formula is C23H26F3N3O. The number of alkyl halides is 3. The molecule has 2 bridgehead atoms. The zero-order chi connectivity index (χ0) is 21.7. The first-order chi connectivity index (χ1) is 14.1. The minimum absolute atomic E-state index is 0.163. The van der Waals surface area contributed by atoms with Crippen molar-refractivity contribution in [2.45, 2.75) is 45.8 Å². The molecule has 0 unspecified atom stereocenters. The van der Waals surface area contributed by atoms with Gasteiger partial charge in [-0.15, -0.1) is 0 Å². The minimum Gasteiger partial charge on any atom is -0.349 e. The molecule has 3 aliphatic rings. The lowest BCUT2D eigenvalue weighted by Gasteiger charge is -2.62. The highest BCUT2D eigenvalue weighted by molar-refractivity contribution is 5.94. The summed E-state index contributed by atoms with van der Waals surface area (Å²) in [7, 11) is 0. The molecule has 2 N–H and O–H groups in total. The monoisotopic (exact) mass is 417 g/mol. The van der Waals surface area contributed by atoms with Crippen LogP contribution in [0.15, 0.2) is 42.6 Å². The van der Waals surface area contributed by atoms with Crippen molar-refractivity contribution in [2.75, 3.05) is 5.32 Å². The van der Waals surface area contributed by atoms with Crippen LogP contribution in [-0.4, -0.2) is 16.9 Å². The van der Waals surface area contributed by atoms with Crippen molar-refractivity contribution in [3.63, 3.8) is 0 Å². The maximum absolute atomic E-state index is 12.8. The van der Waals surface area contributed by atoms with Gasteiger partial charge in [-0.25, -0.2) is 4.98 Å². The molecule has 0 radical (unpaired) electrons. The molecule has 160 valence electrons. The second-order valence-corrected chi connectivity index (χ2v) is 9.17. The van der Waals surface area contributed by atoms with Crippen molar-refractivity contribution >= 4 is 17.4 Å². The quantitative estimate of drug-likeness (QED) is 0.676. The summed E-state index contributed by atoms with van der Waals surface area (Å²) in [4.78, 5) is 16.9. The third-order valence-electron chi connectivity index (χ3n) is 7.16. The lowest BCUT2D eigenvalue weighted by atomic mass is 9.45. The molecule has 1 heterocycles. The summed E-state index contributed by atoms with van der Waals surface area (Å²) in [5.41, 5.74) is 0.355. The fraction of sp³-hybridized carbons (Fsp3) is 0.478. The van der Waals surface area contributed by atoms with Gasteiger partial charge in [0.2, 0.25) is 0 Å². The second-order valence-electron chi connectivity index (χ2n) is 9.17. The Bertz CT molecular complexity index is 939. The van der Waals surface area contributed by atoms with Crippen LogP contribution >= 0.6 is 0 Å². The Balaban J connectivity index is 1.39. The fourth-order valence-electron chi connectivity index (χ4n) is 5.12. The Hall–Kier alpha value is -2.57. The summed E-state index contributed by atoms with van der Waals surface area (Å²) in [5.74, 6) is 1.94. The standard InChI is InChI=1S/C23H26F3N3O/c1-13-18-10-16(22(18,2)3)11-19(13)29-21(30)14-7-8-20(27-12-14)28-17-6-4-5-15(9-17)23(24,25)26/h4-9,12-13,16,18-19H,10-11H2,1-3H3,(H,27,28)(H,29,30)/t13-,16+,18-,19-/m1/s1. The highest BCUT2D eigenvalue weighted by Crippen LogP contribution is 2.61. The highest BCUT2D eigenvalue weighted by atomic mass is 19.4.